The lowest BCUT2D eigenvalue weighted by atomic mass is 10.3. The molecular weight excluding hydrogens is 321 g/mol. The van der Waals surface area contributed by atoms with Crippen molar-refractivity contribution in [3.8, 4) is 0 Å². The summed E-state index contributed by atoms with van der Waals surface area (Å²) in [5.74, 6) is 0.0738. The van der Waals surface area contributed by atoms with Gasteiger partial charge in [0.05, 0.1) is 4.88 Å². The first kappa shape index (κ1) is 13.0. The number of unbranched alkanes of at least 4 members (excludes halogenated alkanes) is 1. The van der Waals surface area contributed by atoms with Gasteiger partial charge in [-0.3, -0.25) is 4.79 Å². The molecule has 1 rings (SSSR count). The molecule has 0 radical (unpaired) electrons. The van der Waals surface area contributed by atoms with Crippen molar-refractivity contribution in [1.82, 2.24) is 5.32 Å². The first-order valence-corrected chi connectivity index (χ1v) is 7.40. The summed E-state index contributed by atoms with van der Waals surface area (Å²) in [6.45, 7) is 4.88. The Morgan fingerprint density at radius 3 is 2.73 bits per heavy atom. The highest BCUT2D eigenvalue weighted by Crippen LogP contribution is 2.20. The number of hydrogen-bond donors (Lipinski definition) is 1. The summed E-state index contributed by atoms with van der Waals surface area (Å²) in [6, 6.07) is 1.97. The van der Waals surface area contributed by atoms with Crippen molar-refractivity contribution in [2.24, 2.45) is 0 Å². The molecule has 0 aromatic carbocycles. The number of nitrogens with one attached hydrogen (secondary N) is 1. The SMILES string of the molecule is Cc1cc(C(=O)NCCCCI)sc1C. The minimum atomic E-state index is 0.0738. The molecule has 0 fully saturated rings. The van der Waals surface area contributed by atoms with Gasteiger partial charge in [-0.1, -0.05) is 22.6 Å². The number of carbonyl (C=O) groups is 1. The maximum atomic E-state index is 11.7. The summed E-state index contributed by atoms with van der Waals surface area (Å²) in [7, 11) is 0. The van der Waals surface area contributed by atoms with Crippen LogP contribution in [-0.2, 0) is 0 Å². The maximum absolute atomic E-state index is 11.7. The second-order valence-corrected chi connectivity index (χ2v) is 5.84. The average molecular weight is 337 g/mol. The number of carbonyl (C=O) groups excluding carboxylic acids is 1. The van der Waals surface area contributed by atoms with Gasteiger partial charge >= 0.3 is 0 Å². The van der Waals surface area contributed by atoms with E-state index in [9.17, 15) is 4.79 Å². The van der Waals surface area contributed by atoms with Crippen LogP contribution in [0.2, 0.25) is 0 Å². The molecule has 0 bridgehead atoms. The first-order chi connectivity index (χ1) is 7.15. The van der Waals surface area contributed by atoms with Gasteiger partial charge in [0.1, 0.15) is 0 Å². The van der Waals surface area contributed by atoms with Gasteiger partial charge in [0.15, 0.2) is 0 Å². The molecule has 0 atom stereocenters. The summed E-state index contributed by atoms with van der Waals surface area (Å²) < 4.78 is 1.16. The number of amides is 1. The van der Waals surface area contributed by atoms with Gasteiger partial charge in [-0.25, -0.2) is 0 Å². The average Bonchev–Trinajstić information content (AvgIpc) is 2.54. The maximum Gasteiger partial charge on any atom is 0.261 e. The second-order valence-electron chi connectivity index (χ2n) is 3.50. The van der Waals surface area contributed by atoms with Crippen LogP contribution in [0.3, 0.4) is 0 Å². The van der Waals surface area contributed by atoms with Crippen molar-refractivity contribution in [2.75, 3.05) is 11.0 Å². The normalized spacial score (nSPS) is 10.3. The van der Waals surface area contributed by atoms with E-state index in [1.165, 1.54) is 16.9 Å². The van der Waals surface area contributed by atoms with E-state index in [0.717, 1.165) is 22.3 Å². The van der Waals surface area contributed by atoms with Crippen LogP contribution in [0.1, 0.15) is 33.0 Å². The van der Waals surface area contributed by atoms with Crippen LogP contribution in [0.15, 0.2) is 6.07 Å². The molecule has 1 aromatic heterocycles. The summed E-state index contributed by atoms with van der Waals surface area (Å²) >= 11 is 3.93. The van der Waals surface area contributed by atoms with E-state index in [2.05, 4.69) is 27.9 Å². The number of thiophene rings is 1. The Morgan fingerprint density at radius 2 is 2.20 bits per heavy atom. The van der Waals surface area contributed by atoms with Crippen LogP contribution in [0, 0.1) is 13.8 Å². The van der Waals surface area contributed by atoms with Crippen molar-refractivity contribution >= 4 is 39.8 Å². The Hall–Kier alpha value is -0.1000. The van der Waals surface area contributed by atoms with E-state index in [1.807, 2.05) is 19.9 Å². The molecule has 1 heterocycles. The molecule has 1 aromatic rings. The molecular formula is C11H16INOS. The summed E-state index contributed by atoms with van der Waals surface area (Å²) in [5.41, 5.74) is 1.21. The van der Waals surface area contributed by atoms with Crippen LogP contribution < -0.4 is 5.32 Å². The van der Waals surface area contributed by atoms with E-state index >= 15 is 0 Å². The molecule has 0 aliphatic rings. The van der Waals surface area contributed by atoms with Gasteiger partial charge in [0.25, 0.3) is 5.91 Å². The summed E-state index contributed by atoms with van der Waals surface area (Å²) in [4.78, 5) is 13.7. The lowest BCUT2D eigenvalue weighted by Crippen LogP contribution is -2.23. The van der Waals surface area contributed by atoms with Gasteiger partial charge in [0, 0.05) is 11.4 Å². The largest absolute Gasteiger partial charge is 0.351 e. The molecule has 0 aliphatic heterocycles. The smallest absolute Gasteiger partial charge is 0.261 e. The van der Waals surface area contributed by atoms with Crippen molar-refractivity contribution in [3.05, 3.63) is 21.4 Å². The van der Waals surface area contributed by atoms with Gasteiger partial charge in [-0.2, -0.15) is 0 Å². The van der Waals surface area contributed by atoms with Crippen LogP contribution in [-0.4, -0.2) is 16.9 Å². The molecule has 0 unspecified atom stereocenters. The Kier molecular flexibility index (Phi) is 5.60. The molecule has 84 valence electrons. The third kappa shape index (κ3) is 4.10. The molecule has 0 saturated carbocycles. The number of alkyl halides is 1. The minimum Gasteiger partial charge on any atom is -0.351 e. The van der Waals surface area contributed by atoms with Crippen LogP contribution in [0.4, 0.5) is 0 Å². The number of halogens is 1. The Bertz CT molecular complexity index is 316. The lowest BCUT2D eigenvalue weighted by Gasteiger charge is -2.01. The van der Waals surface area contributed by atoms with Crippen LogP contribution in [0.25, 0.3) is 0 Å². The van der Waals surface area contributed by atoms with E-state index in [4.69, 9.17) is 0 Å². The molecule has 15 heavy (non-hydrogen) atoms. The number of rotatable bonds is 5. The molecule has 0 aliphatic carbocycles. The third-order valence-electron chi connectivity index (χ3n) is 2.24. The zero-order valence-electron chi connectivity index (χ0n) is 9.10. The summed E-state index contributed by atoms with van der Waals surface area (Å²) in [5, 5.41) is 2.94. The molecule has 0 saturated heterocycles. The van der Waals surface area contributed by atoms with Crippen molar-refractivity contribution in [1.29, 1.82) is 0 Å². The molecule has 4 heteroatoms. The highest BCUT2D eigenvalue weighted by Gasteiger charge is 2.09. The standard InChI is InChI=1S/C11H16INOS/c1-8-7-10(15-9(8)2)11(14)13-6-4-3-5-12/h7H,3-6H2,1-2H3,(H,13,14). The zero-order chi connectivity index (χ0) is 11.3. The van der Waals surface area contributed by atoms with Crippen molar-refractivity contribution < 1.29 is 4.79 Å². The van der Waals surface area contributed by atoms with E-state index < -0.39 is 0 Å². The van der Waals surface area contributed by atoms with E-state index in [1.54, 1.807) is 11.3 Å². The Balaban J connectivity index is 2.40. The quantitative estimate of drug-likeness (QED) is 0.499. The van der Waals surface area contributed by atoms with Gasteiger partial charge in [-0.05, 0) is 42.7 Å². The lowest BCUT2D eigenvalue weighted by molar-refractivity contribution is 0.0957. The fourth-order valence-electron chi connectivity index (χ4n) is 1.19. The Morgan fingerprint density at radius 1 is 1.47 bits per heavy atom. The number of hydrogen-bond acceptors (Lipinski definition) is 2. The monoisotopic (exact) mass is 337 g/mol. The van der Waals surface area contributed by atoms with Crippen LogP contribution >= 0.6 is 33.9 Å². The molecule has 0 spiro atoms. The highest BCUT2D eigenvalue weighted by molar-refractivity contribution is 14.1. The third-order valence-corrected chi connectivity index (χ3v) is 4.15. The van der Waals surface area contributed by atoms with Crippen molar-refractivity contribution in [3.63, 3.8) is 0 Å². The van der Waals surface area contributed by atoms with E-state index in [0.29, 0.717) is 0 Å². The van der Waals surface area contributed by atoms with Gasteiger partial charge in [0.2, 0.25) is 0 Å². The predicted octanol–water partition coefficient (Wildman–Crippen LogP) is 3.31. The molecule has 1 amide bonds. The van der Waals surface area contributed by atoms with Crippen molar-refractivity contribution in [2.45, 2.75) is 26.7 Å². The predicted molar refractivity (Wildman–Crippen MR) is 74.2 cm³/mol. The summed E-state index contributed by atoms with van der Waals surface area (Å²) in [6.07, 6.45) is 2.24. The highest BCUT2D eigenvalue weighted by atomic mass is 127. The Labute approximate surface area is 109 Å². The molecule has 2 nitrogen and oxygen atoms in total. The topological polar surface area (TPSA) is 29.1 Å². The fraction of sp³-hybridized carbons (Fsp3) is 0.545. The van der Waals surface area contributed by atoms with Gasteiger partial charge in [-0.15, -0.1) is 11.3 Å². The van der Waals surface area contributed by atoms with E-state index in [-0.39, 0.29) is 5.91 Å². The fourth-order valence-corrected chi connectivity index (χ4v) is 2.68. The molecule has 1 N–H and O–H groups in total. The van der Waals surface area contributed by atoms with Crippen LogP contribution in [0.5, 0.6) is 0 Å². The number of aryl methyl sites for hydroxylation is 2. The zero-order valence-corrected chi connectivity index (χ0v) is 12.1. The van der Waals surface area contributed by atoms with Gasteiger partial charge < -0.3 is 5.32 Å². The second kappa shape index (κ2) is 6.48. The first-order valence-electron chi connectivity index (χ1n) is 5.06. The minimum absolute atomic E-state index is 0.0738.